The molecule has 1 saturated carbocycles. The molecule has 0 saturated heterocycles. The standard InChI is InChI=1S/C5H8FNO2.ClH.O3S/c1-4(6)2-5(4,7)3(8)9;;1-4(2)3/h2,7H2,1H3,(H,8,9);1H;/t4-,5+;;/m0../s1. The van der Waals surface area contributed by atoms with Crippen molar-refractivity contribution in [2.45, 2.75) is 24.6 Å². The number of nitrogens with two attached hydrogens (primary N) is 1. The molecule has 1 fully saturated rings. The number of carbonyl (C=O) groups is 1. The van der Waals surface area contributed by atoms with E-state index in [1.54, 1.807) is 0 Å². The van der Waals surface area contributed by atoms with Crippen LogP contribution in [0.4, 0.5) is 4.39 Å². The van der Waals surface area contributed by atoms with Crippen molar-refractivity contribution >= 4 is 29.0 Å². The Morgan fingerprint density at radius 3 is 1.71 bits per heavy atom. The van der Waals surface area contributed by atoms with Crippen LogP contribution in [0.5, 0.6) is 0 Å². The molecule has 1 rings (SSSR count). The zero-order valence-corrected chi connectivity index (χ0v) is 8.69. The normalized spacial score (nSPS) is 33.1. The summed E-state index contributed by atoms with van der Waals surface area (Å²) in [5, 5.41) is 8.28. The van der Waals surface area contributed by atoms with E-state index in [0.29, 0.717) is 0 Å². The molecule has 6 nitrogen and oxygen atoms in total. The maximum atomic E-state index is 12.6. The Morgan fingerprint density at radius 1 is 1.50 bits per heavy atom. The molecule has 2 atom stereocenters. The second-order valence-electron chi connectivity index (χ2n) is 2.85. The summed E-state index contributed by atoms with van der Waals surface area (Å²) in [5.41, 5.74) is 1.79. The maximum Gasteiger partial charge on any atom is 0.425 e. The molecule has 3 N–H and O–H groups in total. The van der Waals surface area contributed by atoms with Crippen molar-refractivity contribution in [1.82, 2.24) is 0 Å². The summed E-state index contributed by atoms with van der Waals surface area (Å²) in [4.78, 5) is 10.1. The van der Waals surface area contributed by atoms with Crippen LogP contribution in [0.1, 0.15) is 13.3 Å². The number of hydrogen-bond donors (Lipinski definition) is 2. The van der Waals surface area contributed by atoms with Gasteiger partial charge in [-0.2, -0.15) is 0 Å². The Balaban J connectivity index is 0. The third kappa shape index (κ3) is 3.56. The Labute approximate surface area is 86.8 Å². The molecule has 1 aliphatic carbocycles. The number of carboxylic acid groups (broad SMARTS) is 1. The molecule has 0 aromatic heterocycles. The molecular formula is C5H9ClFNO5S. The van der Waals surface area contributed by atoms with Gasteiger partial charge < -0.3 is 10.8 Å². The number of aliphatic carboxylic acids is 1. The lowest BCUT2D eigenvalue weighted by molar-refractivity contribution is -0.140. The molecular weight excluding hydrogens is 241 g/mol. The largest absolute Gasteiger partial charge is 0.480 e. The van der Waals surface area contributed by atoms with Crippen molar-refractivity contribution in [2.75, 3.05) is 0 Å². The minimum atomic E-state index is -3.11. The molecule has 0 spiro atoms. The lowest BCUT2D eigenvalue weighted by atomic mass is 10.2. The predicted molar refractivity (Wildman–Crippen MR) is 45.6 cm³/mol. The molecule has 0 heterocycles. The highest BCUT2D eigenvalue weighted by atomic mass is 35.5. The summed E-state index contributed by atoms with van der Waals surface area (Å²) >= 11 is 0. The van der Waals surface area contributed by atoms with Gasteiger partial charge >= 0.3 is 16.6 Å². The van der Waals surface area contributed by atoms with E-state index in [-0.39, 0.29) is 18.8 Å². The lowest BCUT2D eigenvalue weighted by Crippen LogP contribution is -2.39. The van der Waals surface area contributed by atoms with Gasteiger partial charge in [0, 0.05) is 6.42 Å². The van der Waals surface area contributed by atoms with Gasteiger partial charge in [-0.3, -0.25) is 4.79 Å². The van der Waals surface area contributed by atoms with Crippen molar-refractivity contribution < 1.29 is 26.9 Å². The van der Waals surface area contributed by atoms with Crippen LogP contribution in [-0.4, -0.2) is 34.9 Å². The molecule has 14 heavy (non-hydrogen) atoms. The van der Waals surface area contributed by atoms with E-state index in [0.717, 1.165) is 0 Å². The summed E-state index contributed by atoms with van der Waals surface area (Å²) in [6.45, 7) is 1.20. The highest BCUT2D eigenvalue weighted by molar-refractivity contribution is 7.59. The zero-order chi connectivity index (χ0) is 10.9. The van der Waals surface area contributed by atoms with Crippen LogP contribution in [0.2, 0.25) is 0 Å². The smallest absolute Gasteiger partial charge is 0.425 e. The van der Waals surface area contributed by atoms with Crippen LogP contribution in [0.15, 0.2) is 0 Å². The van der Waals surface area contributed by atoms with Crippen molar-refractivity contribution in [1.29, 1.82) is 0 Å². The van der Waals surface area contributed by atoms with Crippen LogP contribution < -0.4 is 5.73 Å². The average molecular weight is 250 g/mol. The van der Waals surface area contributed by atoms with E-state index in [9.17, 15) is 9.18 Å². The SMILES string of the molecule is C[C@]1(F)C[C@@]1(N)C(=O)O.Cl.O=S(=O)=O. The summed E-state index contributed by atoms with van der Waals surface area (Å²) in [5.74, 6) is -1.26. The second kappa shape index (κ2) is 4.67. The predicted octanol–water partition coefficient (Wildman–Crippen LogP) is -0.682. The van der Waals surface area contributed by atoms with E-state index >= 15 is 0 Å². The summed E-state index contributed by atoms with van der Waals surface area (Å²) in [6.07, 6.45) is -0.0741. The fourth-order valence-corrected chi connectivity index (χ4v) is 0.778. The lowest BCUT2D eigenvalue weighted by Gasteiger charge is -2.03. The quantitative estimate of drug-likeness (QED) is 0.636. The Bertz CT molecular complexity index is 320. The minimum absolute atomic E-state index is 0. The number of alkyl halides is 1. The van der Waals surface area contributed by atoms with E-state index in [2.05, 4.69) is 0 Å². The highest BCUT2D eigenvalue weighted by Crippen LogP contribution is 2.48. The third-order valence-electron chi connectivity index (χ3n) is 1.80. The van der Waals surface area contributed by atoms with Crippen LogP contribution >= 0.6 is 12.4 Å². The topological polar surface area (TPSA) is 115 Å². The van der Waals surface area contributed by atoms with Gasteiger partial charge in [0.1, 0.15) is 5.67 Å². The maximum absolute atomic E-state index is 12.6. The van der Waals surface area contributed by atoms with Crippen LogP contribution in [-0.2, 0) is 15.4 Å². The third-order valence-corrected chi connectivity index (χ3v) is 1.80. The molecule has 84 valence electrons. The van der Waals surface area contributed by atoms with Crippen molar-refractivity contribution in [3.05, 3.63) is 0 Å². The fraction of sp³-hybridized carbons (Fsp3) is 0.800. The molecule has 0 amide bonds. The van der Waals surface area contributed by atoms with Gasteiger partial charge in [0.2, 0.25) is 0 Å². The van der Waals surface area contributed by atoms with Crippen LogP contribution in [0.3, 0.4) is 0 Å². The van der Waals surface area contributed by atoms with E-state index < -0.39 is 27.8 Å². The van der Waals surface area contributed by atoms with Crippen molar-refractivity contribution in [3.8, 4) is 0 Å². The van der Waals surface area contributed by atoms with E-state index in [4.69, 9.17) is 23.5 Å². The van der Waals surface area contributed by atoms with Gasteiger partial charge in [0.15, 0.2) is 5.54 Å². The second-order valence-corrected chi connectivity index (χ2v) is 3.26. The first-order chi connectivity index (χ1) is 5.63. The summed E-state index contributed by atoms with van der Waals surface area (Å²) < 4.78 is 37.9. The van der Waals surface area contributed by atoms with Gasteiger partial charge in [-0.1, -0.05) is 0 Å². The first-order valence-corrected chi connectivity index (χ1v) is 4.11. The van der Waals surface area contributed by atoms with E-state index in [1.807, 2.05) is 0 Å². The summed E-state index contributed by atoms with van der Waals surface area (Å²) in [7, 11) is -3.11. The molecule has 9 heteroatoms. The molecule has 0 aromatic carbocycles. The number of halogens is 2. The van der Waals surface area contributed by atoms with Gasteiger partial charge in [0.25, 0.3) is 0 Å². The fourth-order valence-electron chi connectivity index (χ4n) is 0.778. The highest BCUT2D eigenvalue weighted by Gasteiger charge is 2.69. The van der Waals surface area contributed by atoms with Gasteiger partial charge in [-0.05, 0) is 6.92 Å². The van der Waals surface area contributed by atoms with E-state index in [1.165, 1.54) is 6.92 Å². The molecule has 1 aliphatic rings. The van der Waals surface area contributed by atoms with Crippen molar-refractivity contribution in [3.63, 3.8) is 0 Å². The number of hydrogen-bond acceptors (Lipinski definition) is 5. The van der Waals surface area contributed by atoms with Gasteiger partial charge in [-0.15, -0.1) is 25.0 Å². The molecule has 0 aliphatic heterocycles. The molecule has 0 aromatic rings. The average Bonchev–Trinajstić information content (AvgIpc) is 2.31. The zero-order valence-electron chi connectivity index (χ0n) is 7.06. The number of rotatable bonds is 1. The first-order valence-electron chi connectivity index (χ1n) is 3.11. The Morgan fingerprint density at radius 2 is 1.71 bits per heavy atom. The first kappa shape index (κ1) is 15.7. The molecule has 0 bridgehead atoms. The van der Waals surface area contributed by atoms with Crippen LogP contribution in [0, 0.1) is 0 Å². The summed E-state index contributed by atoms with van der Waals surface area (Å²) in [6, 6.07) is 0. The molecule has 0 radical (unpaired) electrons. The van der Waals surface area contributed by atoms with Gasteiger partial charge in [0.05, 0.1) is 0 Å². The van der Waals surface area contributed by atoms with Crippen molar-refractivity contribution in [2.24, 2.45) is 5.73 Å². The van der Waals surface area contributed by atoms with Crippen LogP contribution in [0.25, 0.3) is 0 Å². The molecule has 0 unspecified atom stereocenters. The minimum Gasteiger partial charge on any atom is -0.480 e. The van der Waals surface area contributed by atoms with Gasteiger partial charge in [-0.25, -0.2) is 4.39 Å². The Hall–Kier alpha value is -0.730. The number of carboxylic acids is 1. The monoisotopic (exact) mass is 249 g/mol. The Kier molecular flexibility index (Phi) is 5.25.